The molecule has 7 heteroatoms. The normalized spacial score (nSPS) is 18.0. The molecule has 1 aliphatic rings. The molecule has 3 nitrogen and oxygen atoms in total. The van der Waals surface area contributed by atoms with Gasteiger partial charge in [-0.1, -0.05) is 20.8 Å². The Bertz CT molecular complexity index is 747. The Kier molecular flexibility index (Phi) is 6.03. The van der Waals surface area contributed by atoms with Crippen LogP contribution < -0.4 is 5.32 Å². The highest BCUT2D eigenvalue weighted by Crippen LogP contribution is 2.49. The van der Waals surface area contributed by atoms with E-state index in [1.807, 2.05) is 18.2 Å². The highest BCUT2D eigenvalue weighted by atomic mass is 32.1. The van der Waals surface area contributed by atoms with Crippen LogP contribution in [0.25, 0.3) is 10.1 Å². The van der Waals surface area contributed by atoms with E-state index >= 15 is 0 Å². The van der Waals surface area contributed by atoms with Crippen LogP contribution in [0.1, 0.15) is 31.6 Å². The highest BCUT2D eigenvalue weighted by Gasteiger charge is 2.48. The van der Waals surface area contributed by atoms with Crippen molar-refractivity contribution < 1.29 is 17.9 Å². The number of hydrogen-bond donors (Lipinski definition) is 1. The van der Waals surface area contributed by atoms with Gasteiger partial charge in [-0.3, -0.25) is 4.90 Å². The molecule has 2 heterocycles. The third-order valence-electron chi connectivity index (χ3n) is 4.87. The first kappa shape index (κ1) is 20.4. The monoisotopic (exact) mass is 400 g/mol. The van der Waals surface area contributed by atoms with Crippen LogP contribution in [0.15, 0.2) is 24.3 Å². The average molecular weight is 401 g/mol. The molecule has 3 rings (SSSR count). The summed E-state index contributed by atoms with van der Waals surface area (Å²) in [6.07, 6.45) is -4.25. The number of fused-ring (bicyclic) bond motifs is 1. The number of halogens is 3. The Morgan fingerprint density at radius 1 is 1.15 bits per heavy atom. The summed E-state index contributed by atoms with van der Waals surface area (Å²) in [5.74, 6) is -1.46. The van der Waals surface area contributed by atoms with Gasteiger partial charge in [0.15, 0.2) is 0 Å². The number of nitrogens with zero attached hydrogens (tertiary/aromatic N) is 1. The second kappa shape index (κ2) is 7.97. The summed E-state index contributed by atoms with van der Waals surface area (Å²) >= 11 is 1.24. The molecule has 2 aromatic rings. The van der Waals surface area contributed by atoms with Crippen molar-refractivity contribution in [3.63, 3.8) is 0 Å². The van der Waals surface area contributed by atoms with Crippen molar-refractivity contribution in [1.82, 2.24) is 4.90 Å². The number of rotatable bonds is 5. The van der Waals surface area contributed by atoms with Gasteiger partial charge in [0, 0.05) is 41.4 Å². The molecule has 1 fully saturated rings. The first-order chi connectivity index (χ1) is 12.6. The van der Waals surface area contributed by atoms with Crippen molar-refractivity contribution in [2.75, 3.05) is 44.7 Å². The van der Waals surface area contributed by atoms with Gasteiger partial charge in [0.25, 0.3) is 0 Å². The van der Waals surface area contributed by atoms with Crippen molar-refractivity contribution >= 4 is 27.1 Å². The van der Waals surface area contributed by atoms with Gasteiger partial charge in [0.2, 0.25) is 0 Å². The zero-order valence-electron chi connectivity index (χ0n) is 16.0. The molecular weight excluding hydrogens is 373 g/mol. The summed E-state index contributed by atoms with van der Waals surface area (Å²) < 4.78 is 47.1. The Morgan fingerprint density at radius 3 is 2.48 bits per heavy atom. The van der Waals surface area contributed by atoms with Gasteiger partial charge in [-0.15, -0.1) is 11.3 Å². The van der Waals surface area contributed by atoms with E-state index in [2.05, 4.69) is 10.2 Å². The fourth-order valence-electron chi connectivity index (χ4n) is 3.58. The van der Waals surface area contributed by atoms with Gasteiger partial charge in [-0.05, 0) is 35.1 Å². The number of alkyl halides is 3. The standard InChI is InChI=1S/C20H27F3N2OS/c1-19(2,3)18(20(21,22)23)17-13-14-12-15(4-5-16(14)27-17)24-6-7-25-8-10-26-11-9-25/h4-5,12-13,18,24H,6-11H2,1-3H3. The molecule has 1 aromatic carbocycles. The van der Waals surface area contributed by atoms with Crippen molar-refractivity contribution in [3.8, 4) is 0 Å². The molecule has 0 amide bonds. The molecule has 1 saturated heterocycles. The minimum absolute atomic E-state index is 0.385. The second-order valence-electron chi connectivity index (χ2n) is 8.12. The molecule has 0 radical (unpaired) electrons. The van der Waals surface area contributed by atoms with Gasteiger partial charge >= 0.3 is 6.18 Å². The van der Waals surface area contributed by atoms with E-state index in [-0.39, 0.29) is 0 Å². The van der Waals surface area contributed by atoms with Gasteiger partial charge < -0.3 is 10.1 Å². The van der Waals surface area contributed by atoms with Crippen LogP contribution >= 0.6 is 11.3 Å². The lowest BCUT2D eigenvalue weighted by molar-refractivity contribution is -0.170. The molecule has 150 valence electrons. The lowest BCUT2D eigenvalue weighted by Gasteiger charge is -2.31. The lowest BCUT2D eigenvalue weighted by atomic mass is 9.79. The average Bonchev–Trinajstić information content (AvgIpc) is 2.95. The number of thiophene rings is 1. The van der Waals surface area contributed by atoms with E-state index in [1.54, 1.807) is 26.8 Å². The molecule has 0 spiro atoms. The smallest absolute Gasteiger partial charge is 0.384 e. The van der Waals surface area contributed by atoms with Gasteiger partial charge in [-0.2, -0.15) is 13.2 Å². The van der Waals surface area contributed by atoms with E-state index < -0.39 is 17.5 Å². The Balaban J connectivity index is 1.72. The van der Waals surface area contributed by atoms with Gasteiger partial charge in [0.05, 0.1) is 19.1 Å². The maximum Gasteiger partial charge on any atom is 0.397 e. The van der Waals surface area contributed by atoms with Crippen LogP contribution in [0.4, 0.5) is 18.9 Å². The third kappa shape index (κ3) is 5.15. The summed E-state index contributed by atoms with van der Waals surface area (Å²) in [5, 5.41) is 4.25. The van der Waals surface area contributed by atoms with E-state index in [9.17, 15) is 13.2 Å². The molecule has 0 saturated carbocycles. The molecule has 0 aliphatic carbocycles. The van der Waals surface area contributed by atoms with Gasteiger partial charge in [0.1, 0.15) is 0 Å². The van der Waals surface area contributed by atoms with Crippen LogP contribution in [0.3, 0.4) is 0 Å². The fraction of sp³-hybridized carbons (Fsp3) is 0.600. The predicted octanol–water partition coefficient (Wildman–Crippen LogP) is 5.34. The Hall–Kier alpha value is -1.31. The zero-order chi connectivity index (χ0) is 19.7. The summed E-state index contributed by atoms with van der Waals surface area (Å²) in [6.45, 7) is 10.1. The zero-order valence-corrected chi connectivity index (χ0v) is 16.8. The van der Waals surface area contributed by atoms with E-state index in [0.717, 1.165) is 55.2 Å². The molecule has 1 unspecified atom stereocenters. The summed E-state index contributed by atoms with van der Waals surface area (Å²) in [7, 11) is 0. The van der Waals surface area contributed by atoms with Crippen molar-refractivity contribution in [3.05, 3.63) is 29.1 Å². The van der Waals surface area contributed by atoms with Crippen LogP contribution in [0, 0.1) is 5.41 Å². The van der Waals surface area contributed by atoms with Crippen LogP contribution in [0.5, 0.6) is 0 Å². The topological polar surface area (TPSA) is 24.5 Å². The molecule has 0 bridgehead atoms. The van der Waals surface area contributed by atoms with Crippen molar-refractivity contribution in [2.24, 2.45) is 5.41 Å². The molecule has 1 N–H and O–H groups in total. The van der Waals surface area contributed by atoms with E-state index in [0.29, 0.717) is 4.88 Å². The number of benzene rings is 1. The summed E-state index contributed by atoms with van der Waals surface area (Å²) in [6, 6.07) is 7.51. The number of ether oxygens (including phenoxy) is 1. The number of hydrogen-bond acceptors (Lipinski definition) is 4. The highest BCUT2D eigenvalue weighted by molar-refractivity contribution is 7.19. The first-order valence-corrected chi connectivity index (χ1v) is 10.1. The van der Waals surface area contributed by atoms with E-state index in [1.165, 1.54) is 11.3 Å². The van der Waals surface area contributed by atoms with Crippen molar-refractivity contribution in [2.45, 2.75) is 32.9 Å². The minimum Gasteiger partial charge on any atom is -0.384 e. The Labute approximate surface area is 162 Å². The van der Waals surface area contributed by atoms with Crippen LogP contribution in [0.2, 0.25) is 0 Å². The quantitative estimate of drug-likeness (QED) is 0.733. The maximum atomic E-state index is 13.6. The van der Waals surface area contributed by atoms with Crippen LogP contribution in [-0.2, 0) is 4.74 Å². The minimum atomic E-state index is -4.25. The fourth-order valence-corrected chi connectivity index (χ4v) is 4.99. The molecule has 27 heavy (non-hydrogen) atoms. The SMILES string of the molecule is CC(C)(C)C(c1cc2cc(NCCN3CCOCC3)ccc2s1)C(F)(F)F. The van der Waals surface area contributed by atoms with E-state index in [4.69, 9.17) is 4.74 Å². The third-order valence-corrected chi connectivity index (χ3v) is 6.06. The van der Waals surface area contributed by atoms with Crippen LogP contribution in [-0.4, -0.2) is 50.5 Å². The number of morpholine rings is 1. The lowest BCUT2D eigenvalue weighted by Crippen LogP contribution is -2.38. The first-order valence-electron chi connectivity index (χ1n) is 9.29. The maximum absolute atomic E-state index is 13.6. The second-order valence-corrected chi connectivity index (χ2v) is 9.24. The number of nitrogens with one attached hydrogen (secondary N) is 1. The predicted molar refractivity (Wildman–Crippen MR) is 106 cm³/mol. The summed E-state index contributed by atoms with van der Waals surface area (Å²) in [5.41, 5.74) is 0.0673. The van der Waals surface area contributed by atoms with Crippen molar-refractivity contribution in [1.29, 1.82) is 0 Å². The molecular formula is C20H27F3N2OS. The molecule has 1 atom stereocenters. The summed E-state index contributed by atoms with van der Waals surface area (Å²) in [4.78, 5) is 2.73. The Morgan fingerprint density at radius 2 is 1.85 bits per heavy atom. The molecule has 1 aliphatic heterocycles. The largest absolute Gasteiger partial charge is 0.397 e. The number of anilines is 1. The van der Waals surface area contributed by atoms with Gasteiger partial charge in [-0.25, -0.2) is 0 Å². The molecule has 1 aromatic heterocycles.